The lowest BCUT2D eigenvalue weighted by Crippen LogP contribution is -2.34. The van der Waals surface area contributed by atoms with E-state index in [0.717, 1.165) is 35.9 Å². The third-order valence-electron chi connectivity index (χ3n) is 4.90. The van der Waals surface area contributed by atoms with Gasteiger partial charge in [-0.05, 0) is 61.5 Å². The summed E-state index contributed by atoms with van der Waals surface area (Å²) in [4.78, 5) is 2.57. The normalized spacial score (nSPS) is 16.2. The van der Waals surface area contributed by atoms with E-state index in [9.17, 15) is 0 Å². The molecule has 1 saturated heterocycles. The summed E-state index contributed by atoms with van der Waals surface area (Å²) in [6.45, 7) is 6.49. The Kier molecular flexibility index (Phi) is 5.76. The highest BCUT2D eigenvalue weighted by Gasteiger charge is 2.15. The Balaban J connectivity index is 1.50. The van der Waals surface area contributed by atoms with Crippen molar-refractivity contribution in [2.24, 2.45) is 5.92 Å². The number of hydrogen-bond donors (Lipinski definition) is 1. The standard InChI is InChI=1S/C21H28N2O/c1-17-9-12-23(13-10-17)14-11-18-7-8-21(20(22)15-18)24-16-19-5-3-2-4-6-19/h2-8,15,17H,9-14,16,22H2,1H3. The van der Waals surface area contributed by atoms with Crippen molar-refractivity contribution in [1.82, 2.24) is 4.90 Å². The van der Waals surface area contributed by atoms with Crippen LogP contribution in [0.15, 0.2) is 48.5 Å². The Bertz CT molecular complexity index is 634. The smallest absolute Gasteiger partial charge is 0.142 e. The van der Waals surface area contributed by atoms with Gasteiger partial charge < -0.3 is 15.4 Å². The molecule has 1 aliphatic heterocycles. The highest BCUT2D eigenvalue weighted by atomic mass is 16.5. The lowest BCUT2D eigenvalue weighted by atomic mass is 9.99. The number of nitrogens with zero attached hydrogens (tertiary/aromatic N) is 1. The van der Waals surface area contributed by atoms with Gasteiger partial charge in [-0.2, -0.15) is 0 Å². The molecule has 1 aliphatic rings. The van der Waals surface area contributed by atoms with Crippen LogP contribution in [0.25, 0.3) is 0 Å². The Morgan fingerprint density at radius 3 is 2.50 bits per heavy atom. The average molecular weight is 324 g/mol. The monoisotopic (exact) mass is 324 g/mol. The van der Waals surface area contributed by atoms with Crippen LogP contribution in [-0.2, 0) is 13.0 Å². The summed E-state index contributed by atoms with van der Waals surface area (Å²) >= 11 is 0. The molecule has 3 heteroatoms. The van der Waals surface area contributed by atoms with Gasteiger partial charge in [0.05, 0.1) is 5.69 Å². The van der Waals surface area contributed by atoms with Crippen molar-refractivity contribution in [1.29, 1.82) is 0 Å². The van der Waals surface area contributed by atoms with Gasteiger partial charge in [-0.3, -0.25) is 0 Å². The van der Waals surface area contributed by atoms with Gasteiger partial charge in [-0.15, -0.1) is 0 Å². The summed E-state index contributed by atoms with van der Waals surface area (Å²) in [5, 5.41) is 0. The predicted molar refractivity (Wildman–Crippen MR) is 100 cm³/mol. The van der Waals surface area contributed by atoms with Gasteiger partial charge in [0, 0.05) is 6.54 Å². The molecule has 0 bridgehead atoms. The summed E-state index contributed by atoms with van der Waals surface area (Å²) in [6, 6.07) is 16.4. The van der Waals surface area contributed by atoms with Gasteiger partial charge in [0.2, 0.25) is 0 Å². The molecule has 128 valence electrons. The number of likely N-dealkylation sites (tertiary alicyclic amines) is 1. The molecule has 0 saturated carbocycles. The fourth-order valence-electron chi connectivity index (χ4n) is 3.19. The average Bonchev–Trinajstić information content (AvgIpc) is 2.61. The highest BCUT2D eigenvalue weighted by molar-refractivity contribution is 5.54. The van der Waals surface area contributed by atoms with Crippen LogP contribution in [0.2, 0.25) is 0 Å². The zero-order valence-electron chi connectivity index (χ0n) is 14.6. The number of ether oxygens (including phenoxy) is 1. The highest BCUT2D eigenvalue weighted by Crippen LogP contribution is 2.24. The summed E-state index contributed by atoms with van der Waals surface area (Å²) in [7, 11) is 0. The zero-order chi connectivity index (χ0) is 16.8. The SMILES string of the molecule is CC1CCN(CCc2ccc(OCc3ccccc3)c(N)c2)CC1. The lowest BCUT2D eigenvalue weighted by Gasteiger charge is -2.30. The summed E-state index contributed by atoms with van der Waals surface area (Å²) in [6.07, 6.45) is 3.71. The first kappa shape index (κ1) is 16.8. The van der Waals surface area contributed by atoms with Crippen LogP contribution in [0.5, 0.6) is 5.75 Å². The van der Waals surface area contributed by atoms with Crippen LogP contribution < -0.4 is 10.5 Å². The van der Waals surface area contributed by atoms with Gasteiger partial charge >= 0.3 is 0 Å². The number of nitrogens with two attached hydrogens (primary N) is 1. The number of anilines is 1. The molecule has 1 heterocycles. The third-order valence-corrected chi connectivity index (χ3v) is 4.90. The van der Waals surface area contributed by atoms with E-state index in [-0.39, 0.29) is 0 Å². The molecule has 2 aromatic rings. The van der Waals surface area contributed by atoms with Crippen molar-refractivity contribution in [3.8, 4) is 5.75 Å². The van der Waals surface area contributed by atoms with Gasteiger partial charge in [0.15, 0.2) is 0 Å². The Labute approximate surface area is 145 Å². The van der Waals surface area contributed by atoms with E-state index in [1.165, 1.54) is 31.5 Å². The van der Waals surface area contributed by atoms with Gasteiger partial charge in [0.1, 0.15) is 12.4 Å². The number of benzene rings is 2. The van der Waals surface area contributed by atoms with Crippen LogP contribution in [0.4, 0.5) is 5.69 Å². The van der Waals surface area contributed by atoms with E-state index >= 15 is 0 Å². The van der Waals surface area contributed by atoms with Crippen molar-refractivity contribution in [2.75, 3.05) is 25.4 Å². The van der Waals surface area contributed by atoms with Crippen molar-refractivity contribution in [2.45, 2.75) is 32.8 Å². The molecule has 24 heavy (non-hydrogen) atoms. The molecule has 0 atom stereocenters. The van der Waals surface area contributed by atoms with Crippen LogP contribution in [0, 0.1) is 5.92 Å². The minimum Gasteiger partial charge on any atom is -0.487 e. The molecular formula is C21H28N2O. The first-order valence-corrected chi connectivity index (χ1v) is 8.98. The second-order valence-electron chi connectivity index (χ2n) is 6.92. The maximum absolute atomic E-state index is 6.17. The molecule has 0 aromatic heterocycles. The van der Waals surface area contributed by atoms with E-state index in [2.05, 4.69) is 36.1 Å². The molecule has 0 amide bonds. The quantitative estimate of drug-likeness (QED) is 0.812. The molecule has 0 radical (unpaired) electrons. The Morgan fingerprint density at radius 1 is 1.04 bits per heavy atom. The Hall–Kier alpha value is -2.00. The molecule has 0 spiro atoms. The Morgan fingerprint density at radius 2 is 1.79 bits per heavy atom. The number of rotatable bonds is 6. The lowest BCUT2D eigenvalue weighted by molar-refractivity contribution is 0.194. The van der Waals surface area contributed by atoms with Crippen molar-refractivity contribution in [3.05, 3.63) is 59.7 Å². The first-order chi connectivity index (χ1) is 11.7. The molecular weight excluding hydrogens is 296 g/mol. The number of piperidine rings is 1. The van der Waals surface area contributed by atoms with Crippen LogP contribution in [0.1, 0.15) is 30.9 Å². The van der Waals surface area contributed by atoms with E-state index in [1.807, 2.05) is 24.3 Å². The van der Waals surface area contributed by atoms with E-state index in [4.69, 9.17) is 10.5 Å². The third kappa shape index (κ3) is 4.75. The van der Waals surface area contributed by atoms with Crippen molar-refractivity contribution in [3.63, 3.8) is 0 Å². The fourth-order valence-corrected chi connectivity index (χ4v) is 3.19. The number of hydrogen-bond acceptors (Lipinski definition) is 3. The maximum atomic E-state index is 6.17. The zero-order valence-corrected chi connectivity index (χ0v) is 14.6. The van der Waals surface area contributed by atoms with Gasteiger partial charge in [-0.1, -0.05) is 43.3 Å². The predicted octanol–water partition coefficient (Wildman–Crippen LogP) is 4.12. The summed E-state index contributed by atoms with van der Waals surface area (Å²) in [5.41, 5.74) is 9.35. The van der Waals surface area contributed by atoms with E-state index in [1.54, 1.807) is 0 Å². The topological polar surface area (TPSA) is 38.5 Å². The molecule has 3 rings (SSSR count). The van der Waals surface area contributed by atoms with E-state index < -0.39 is 0 Å². The maximum Gasteiger partial charge on any atom is 0.142 e. The summed E-state index contributed by atoms with van der Waals surface area (Å²) in [5.74, 6) is 1.66. The summed E-state index contributed by atoms with van der Waals surface area (Å²) < 4.78 is 5.85. The number of nitrogen functional groups attached to an aromatic ring is 1. The molecule has 1 fully saturated rings. The second-order valence-corrected chi connectivity index (χ2v) is 6.92. The molecule has 3 nitrogen and oxygen atoms in total. The largest absolute Gasteiger partial charge is 0.487 e. The molecule has 0 unspecified atom stereocenters. The van der Waals surface area contributed by atoms with Crippen LogP contribution in [-0.4, -0.2) is 24.5 Å². The molecule has 2 N–H and O–H groups in total. The van der Waals surface area contributed by atoms with E-state index in [0.29, 0.717) is 6.61 Å². The van der Waals surface area contributed by atoms with Gasteiger partial charge in [0.25, 0.3) is 0 Å². The van der Waals surface area contributed by atoms with Crippen molar-refractivity contribution >= 4 is 5.69 Å². The van der Waals surface area contributed by atoms with Crippen LogP contribution in [0.3, 0.4) is 0 Å². The molecule has 0 aliphatic carbocycles. The minimum absolute atomic E-state index is 0.552. The first-order valence-electron chi connectivity index (χ1n) is 8.98. The minimum atomic E-state index is 0.552. The van der Waals surface area contributed by atoms with Crippen LogP contribution >= 0.6 is 0 Å². The molecule has 2 aromatic carbocycles. The fraction of sp³-hybridized carbons (Fsp3) is 0.429. The van der Waals surface area contributed by atoms with Crippen molar-refractivity contribution < 1.29 is 4.74 Å². The van der Waals surface area contributed by atoms with Gasteiger partial charge in [-0.25, -0.2) is 0 Å². The second kappa shape index (κ2) is 8.20.